The van der Waals surface area contributed by atoms with E-state index in [4.69, 9.17) is 9.15 Å². The number of hydrogen-bond donors (Lipinski definition) is 1. The van der Waals surface area contributed by atoms with Crippen LogP contribution < -0.4 is 15.8 Å². The Morgan fingerprint density at radius 3 is 2.67 bits per heavy atom. The van der Waals surface area contributed by atoms with Gasteiger partial charge in [-0.3, -0.25) is 4.79 Å². The van der Waals surface area contributed by atoms with E-state index < -0.39 is 11.5 Å². The van der Waals surface area contributed by atoms with Crippen LogP contribution in [-0.4, -0.2) is 18.2 Å². The van der Waals surface area contributed by atoms with Gasteiger partial charge in [0.1, 0.15) is 17.1 Å². The lowest BCUT2D eigenvalue weighted by atomic mass is 10.1. The van der Waals surface area contributed by atoms with Crippen molar-refractivity contribution >= 4 is 22.6 Å². The molecule has 3 rings (SSSR count). The first-order valence-corrected chi connectivity index (χ1v) is 8.19. The molecule has 0 bridgehead atoms. The molecule has 138 valence electrons. The Kier molecular flexibility index (Phi) is 5.30. The number of nitrogens with zero attached hydrogens (tertiary/aromatic N) is 1. The molecule has 1 N–H and O–H groups in total. The van der Waals surface area contributed by atoms with Gasteiger partial charge in [-0.15, -0.1) is 0 Å². The Morgan fingerprint density at radius 2 is 1.93 bits per heavy atom. The Labute approximate surface area is 154 Å². The molecule has 0 unspecified atom stereocenters. The zero-order valence-corrected chi connectivity index (χ0v) is 14.8. The first-order chi connectivity index (χ1) is 12.9. The van der Waals surface area contributed by atoms with Gasteiger partial charge in [0.05, 0.1) is 5.71 Å². The third-order valence-electron chi connectivity index (χ3n) is 3.90. The van der Waals surface area contributed by atoms with Crippen LogP contribution >= 0.6 is 0 Å². The van der Waals surface area contributed by atoms with Gasteiger partial charge in [-0.05, 0) is 49.2 Å². The maximum atomic E-state index is 12.9. The highest BCUT2D eigenvalue weighted by atomic mass is 19.1. The van der Waals surface area contributed by atoms with Crippen molar-refractivity contribution in [2.45, 2.75) is 13.8 Å². The zero-order valence-electron chi connectivity index (χ0n) is 14.8. The molecule has 6 nitrogen and oxygen atoms in total. The highest BCUT2D eigenvalue weighted by Crippen LogP contribution is 2.22. The maximum Gasteiger partial charge on any atom is 0.336 e. The third kappa shape index (κ3) is 4.58. The van der Waals surface area contributed by atoms with Crippen molar-refractivity contribution in [3.63, 3.8) is 0 Å². The van der Waals surface area contributed by atoms with E-state index in [1.54, 1.807) is 37.3 Å². The molecule has 2 aromatic carbocycles. The number of fused-ring (bicyclic) bond motifs is 1. The topological polar surface area (TPSA) is 80.9 Å². The van der Waals surface area contributed by atoms with Crippen molar-refractivity contribution in [1.29, 1.82) is 0 Å². The summed E-state index contributed by atoms with van der Waals surface area (Å²) in [5.41, 5.74) is 4.35. The molecule has 1 aromatic heterocycles. The third-order valence-corrected chi connectivity index (χ3v) is 3.90. The number of rotatable bonds is 5. The minimum atomic E-state index is -0.456. The lowest BCUT2D eigenvalue weighted by Crippen LogP contribution is -2.25. The fourth-order valence-electron chi connectivity index (χ4n) is 2.48. The van der Waals surface area contributed by atoms with E-state index in [0.717, 1.165) is 10.9 Å². The summed E-state index contributed by atoms with van der Waals surface area (Å²) >= 11 is 0. The molecular formula is C20H17FN2O4. The van der Waals surface area contributed by atoms with Gasteiger partial charge in [-0.25, -0.2) is 14.6 Å². The van der Waals surface area contributed by atoms with Crippen molar-refractivity contribution in [2.24, 2.45) is 5.10 Å². The van der Waals surface area contributed by atoms with Crippen molar-refractivity contribution in [1.82, 2.24) is 5.43 Å². The molecule has 27 heavy (non-hydrogen) atoms. The molecule has 1 heterocycles. The monoisotopic (exact) mass is 368 g/mol. The predicted octanol–water partition coefficient (Wildman–Crippen LogP) is 3.16. The molecule has 1 amide bonds. The second kappa shape index (κ2) is 7.82. The summed E-state index contributed by atoms with van der Waals surface area (Å²) in [6.07, 6.45) is 0. The number of hydrogen-bond acceptors (Lipinski definition) is 5. The molecule has 0 saturated heterocycles. The first-order valence-electron chi connectivity index (χ1n) is 8.19. The molecule has 0 fully saturated rings. The van der Waals surface area contributed by atoms with E-state index in [1.807, 2.05) is 6.92 Å². The van der Waals surface area contributed by atoms with Crippen LogP contribution in [0.15, 0.2) is 62.8 Å². The lowest BCUT2D eigenvalue weighted by Gasteiger charge is -2.07. The van der Waals surface area contributed by atoms with Crippen LogP contribution in [0.25, 0.3) is 11.0 Å². The van der Waals surface area contributed by atoms with Gasteiger partial charge in [0.25, 0.3) is 5.91 Å². The molecule has 0 spiro atoms. The largest absolute Gasteiger partial charge is 0.484 e. The Balaban J connectivity index is 1.62. The number of nitrogens with one attached hydrogen (secondary N) is 1. The maximum absolute atomic E-state index is 12.9. The molecule has 0 aliphatic rings. The summed E-state index contributed by atoms with van der Waals surface area (Å²) < 4.78 is 23.5. The molecule has 3 aromatic rings. The quantitative estimate of drug-likeness (QED) is 0.426. The fraction of sp³-hybridized carbons (Fsp3) is 0.150. The first kappa shape index (κ1) is 18.3. The van der Waals surface area contributed by atoms with Crippen molar-refractivity contribution in [3.05, 3.63) is 75.9 Å². The van der Waals surface area contributed by atoms with Crippen LogP contribution in [0.2, 0.25) is 0 Å². The summed E-state index contributed by atoms with van der Waals surface area (Å²) in [7, 11) is 0. The van der Waals surface area contributed by atoms with Gasteiger partial charge in [0.2, 0.25) is 0 Å². The number of hydrazone groups is 1. The van der Waals surface area contributed by atoms with E-state index in [9.17, 15) is 14.0 Å². The summed E-state index contributed by atoms with van der Waals surface area (Å²) in [5.74, 6) is -0.404. The van der Waals surface area contributed by atoms with E-state index in [2.05, 4.69) is 10.5 Å². The van der Waals surface area contributed by atoms with Gasteiger partial charge in [-0.1, -0.05) is 12.1 Å². The average molecular weight is 368 g/mol. The second-order valence-corrected chi connectivity index (χ2v) is 5.93. The van der Waals surface area contributed by atoms with Crippen LogP contribution in [0.3, 0.4) is 0 Å². The van der Waals surface area contributed by atoms with E-state index >= 15 is 0 Å². The van der Waals surface area contributed by atoms with Crippen molar-refractivity contribution in [2.75, 3.05) is 6.61 Å². The number of halogens is 1. The van der Waals surface area contributed by atoms with Gasteiger partial charge < -0.3 is 9.15 Å². The normalized spacial score (nSPS) is 11.4. The number of amides is 1. The molecule has 7 heteroatoms. The van der Waals surface area contributed by atoms with E-state index in [-0.39, 0.29) is 12.4 Å². The van der Waals surface area contributed by atoms with E-state index in [0.29, 0.717) is 22.6 Å². The number of carbonyl (C=O) groups excluding carboxylic acids is 1. The van der Waals surface area contributed by atoms with Crippen molar-refractivity contribution < 1.29 is 18.3 Å². The molecule has 0 radical (unpaired) electrons. The molecule has 0 atom stereocenters. The Bertz CT molecular complexity index is 1070. The van der Waals surface area contributed by atoms with Crippen LogP contribution in [0.1, 0.15) is 18.1 Å². The number of benzene rings is 2. The molecule has 0 aliphatic heterocycles. The Morgan fingerprint density at radius 1 is 1.19 bits per heavy atom. The minimum absolute atomic E-state index is 0.262. The summed E-state index contributed by atoms with van der Waals surface area (Å²) in [5, 5.41) is 4.76. The summed E-state index contributed by atoms with van der Waals surface area (Å²) in [6.45, 7) is 3.25. The van der Waals surface area contributed by atoms with Gasteiger partial charge in [0.15, 0.2) is 6.61 Å². The lowest BCUT2D eigenvalue weighted by molar-refractivity contribution is -0.123. The predicted molar refractivity (Wildman–Crippen MR) is 99.5 cm³/mol. The van der Waals surface area contributed by atoms with Crippen LogP contribution in [-0.2, 0) is 4.79 Å². The van der Waals surface area contributed by atoms with Gasteiger partial charge >= 0.3 is 5.63 Å². The highest BCUT2D eigenvalue weighted by molar-refractivity contribution is 5.99. The van der Waals surface area contributed by atoms with Gasteiger partial charge in [-0.2, -0.15) is 5.10 Å². The Hall–Kier alpha value is -3.48. The summed E-state index contributed by atoms with van der Waals surface area (Å²) in [4.78, 5) is 23.4. The number of ether oxygens (including phenoxy) is 1. The minimum Gasteiger partial charge on any atom is -0.484 e. The SMILES string of the molecule is C/C(=N/NC(=O)COc1ccc2c(C)cc(=O)oc2c1)c1ccc(F)cc1. The van der Waals surface area contributed by atoms with Gasteiger partial charge in [0, 0.05) is 17.5 Å². The number of carbonyl (C=O) groups is 1. The van der Waals surface area contributed by atoms with E-state index in [1.165, 1.54) is 18.2 Å². The second-order valence-electron chi connectivity index (χ2n) is 5.93. The smallest absolute Gasteiger partial charge is 0.336 e. The number of aryl methyl sites for hydroxylation is 1. The fourth-order valence-corrected chi connectivity index (χ4v) is 2.48. The molecule has 0 saturated carbocycles. The average Bonchev–Trinajstić information content (AvgIpc) is 2.64. The zero-order chi connectivity index (χ0) is 19.4. The molecular weight excluding hydrogens is 351 g/mol. The highest BCUT2D eigenvalue weighted by Gasteiger charge is 2.07. The summed E-state index contributed by atoms with van der Waals surface area (Å²) in [6, 6.07) is 12.2. The molecule has 0 aliphatic carbocycles. The van der Waals surface area contributed by atoms with Crippen molar-refractivity contribution in [3.8, 4) is 5.75 Å². The standard InChI is InChI=1S/C20H17FN2O4/c1-12-9-20(25)27-18-10-16(7-8-17(12)18)26-11-19(24)23-22-13(2)14-3-5-15(21)6-4-14/h3-10H,11H2,1-2H3,(H,23,24)/b22-13-. The van der Waals surface area contributed by atoms with Crippen LogP contribution in [0.5, 0.6) is 5.75 Å². The van der Waals surface area contributed by atoms with Crippen LogP contribution in [0.4, 0.5) is 4.39 Å². The van der Waals surface area contributed by atoms with Crippen LogP contribution in [0, 0.1) is 12.7 Å².